The number of carbonyl (C=O) groups excluding carboxylic acids is 2. The SMILES string of the molecule is CCCCCCCCCCCCCCCCCCC/C=C/C(O)C(COC1OC(CO)C(OC2OC(CO)C(O)C(OC3(C(=O)O)CC(O)C(NC(C)=O)C(C(O)C(O)CO)O3)C2O)C(O)C1O)NC(=O)CCCCCCCCCCCCC. The Morgan fingerprint density at radius 1 is 0.619 bits per heavy atom. The van der Waals surface area contributed by atoms with Crippen molar-refractivity contribution in [3.05, 3.63) is 12.2 Å². The fraction of sp³-hybridized carbons (Fsp3) is 0.918. The van der Waals surface area contributed by atoms with Gasteiger partial charge in [-0.15, -0.1) is 0 Å². The molecule has 3 aliphatic heterocycles. The van der Waals surface area contributed by atoms with Crippen LogP contribution in [0.15, 0.2) is 12.2 Å². The fourth-order valence-corrected chi connectivity index (χ4v) is 11.3. The van der Waals surface area contributed by atoms with Gasteiger partial charge in [0.2, 0.25) is 11.8 Å². The van der Waals surface area contributed by atoms with Crippen LogP contribution in [0.4, 0.5) is 0 Å². The number of amides is 2. The van der Waals surface area contributed by atoms with Crippen LogP contribution in [0.2, 0.25) is 0 Å². The number of carboxylic acids is 1. The van der Waals surface area contributed by atoms with Crippen molar-refractivity contribution in [3.8, 4) is 0 Å². The van der Waals surface area contributed by atoms with E-state index in [1.165, 1.54) is 128 Å². The second-order valence-electron chi connectivity index (χ2n) is 23.6. The number of carboxylic acid groups (broad SMARTS) is 1. The number of ether oxygens (including phenoxy) is 6. The topological polar surface area (TPSA) is 373 Å². The Labute approximate surface area is 499 Å². The molecule has 2 amide bonds. The Morgan fingerprint density at radius 3 is 1.58 bits per heavy atom. The lowest BCUT2D eigenvalue weighted by molar-refractivity contribution is -0.386. The Hall–Kier alpha value is -2.53. The van der Waals surface area contributed by atoms with Crippen LogP contribution in [0.25, 0.3) is 0 Å². The van der Waals surface area contributed by atoms with E-state index in [2.05, 4.69) is 24.5 Å². The van der Waals surface area contributed by atoms with E-state index in [1.807, 2.05) is 6.08 Å². The minimum absolute atomic E-state index is 0.203. The Balaban J connectivity index is 1.64. The molecule has 3 saturated heterocycles. The Kier molecular flexibility index (Phi) is 38.9. The summed E-state index contributed by atoms with van der Waals surface area (Å²) >= 11 is 0. The summed E-state index contributed by atoms with van der Waals surface area (Å²) in [5.41, 5.74) is 0. The zero-order valence-electron chi connectivity index (χ0n) is 50.8. The quantitative estimate of drug-likeness (QED) is 0.0303. The van der Waals surface area contributed by atoms with Gasteiger partial charge in [0.05, 0.1) is 50.7 Å². The highest BCUT2D eigenvalue weighted by Crippen LogP contribution is 2.38. The summed E-state index contributed by atoms with van der Waals surface area (Å²) in [4.78, 5) is 38.4. The van der Waals surface area contributed by atoms with E-state index in [9.17, 15) is 75.7 Å². The third-order valence-corrected chi connectivity index (χ3v) is 16.5. The average molecular weight is 1210 g/mol. The number of aliphatic hydroxyl groups excluding tert-OH is 11. The van der Waals surface area contributed by atoms with E-state index in [0.29, 0.717) is 12.8 Å². The molecule has 3 heterocycles. The van der Waals surface area contributed by atoms with Gasteiger partial charge in [-0.05, 0) is 19.3 Å². The molecule has 492 valence electrons. The van der Waals surface area contributed by atoms with Gasteiger partial charge in [-0.2, -0.15) is 0 Å². The summed E-state index contributed by atoms with van der Waals surface area (Å²) in [5.74, 6) is -6.14. The molecule has 3 fully saturated rings. The molecule has 0 aromatic rings. The van der Waals surface area contributed by atoms with Gasteiger partial charge in [0, 0.05) is 19.8 Å². The molecule has 0 aromatic carbocycles. The van der Waals surface area contributed by atoms with Crippen LogP contribution < -0.4 is 10.6 Å². The summed E-state index contributed by atoms with van der Waals surface area (Å²) in [7, 11) is 0. The summed E-state index contributed by atoms with van der Waals surface area (Å²) in [6.07, 6.45) is 8.48. The van der Waals surface area contributed by atoms with Crippen LogP contribution in [0, 0.1) is 0 Å². The molecule has 84 heavy (non-hydrogen) atoms. The summed E-state index contributed by atoms with van der Waals surface area (Å²) < 4.78 is 34.7. The molecule has 14 N–H and O–H groups in total. The largest absolute Gasteiger partial charge is 0.477 e. The molecule has 0 saturated carbocycles. The van der Waals surface area contributed by atoms with Gasteiger partial charge in [-0.25, -0.2) is 4.79 Å². The number of carbonyl (C=O) groups is 3. The fourth-order valence-electron chi connectivity index (χ4n) is 11.3. The Bertz CT molecular complexity index is 1770. The van der Waals surface area contributed by atoms with Gasteiger partial charge in [0.1, 0.15) is 67.1 Å². The summed E-state index contributed by atoms with van der Waals surface area (Å²) in [5, 5.41) is 136. The van der Waals surface area contributed by atoms with Gasteiger partial charge < -0.3 is 100 Å². The molecule has 23 heteroatoms. The Morgan fingerprint density at radius 2 is 1.11 bits per heavy atom. The minimum Gasteiger partial charge on any atom is -0.477 e. The molecule has 3 rings (SSSR count). The monoisotopic (exact) mass is 1210 g/mol. The first-order valence-corrected chi connectivity index (χ1v) is 32.1. The van der Waals surface area contributed by atoms with E-state index in [1.54, 1.807) is 6.08 Å². The predicted molar refractivity (Wildman–Crippen MR) is 311 cm³/mol. The minimum atomic E-state index is -3.08. The third-order valence-electron chi connectivity index (χ3n) is 16.5. The van der Waals surface area contributed by atoms with Crippen LogP contribution in [0.3, 0.4) is 0 Å². The third kappa shape index (κ3) is 26.7. The van der Waals surface area contributed by atoms with E-state index in [0.717, 1.165) is 51.9 Å². The number of aliphatic hydroxyl groups is 11. The first-order valence-electron chi connectivity index (χ1n) is 32.1. The van der Waals surface area contributed by atoms with E-state index in [4.69, 9.17) is 28.4 Å². The highest BCUT2D eigenvalue weighted by molar-refractivity contribution is 5.77. The number of hydrogen-bond acceptors (Lipinski definition) is 20. The van der Waals surface area contributed by atoms with Crippen LogP contribution in [-0.2, 0) is 42.8 Å². The van der Waals surface area contributed by atoms with Crippen molar-refractivity contribution >= 4 is 17.8 Å². The van der Waals surface area contributed by atoms with Crippen LogP contribution in [0.5, 0.6) is 0 Å². The first kappa shape index (κ1) is 75.7. The van der Waals surface area contributed by atoms with Gasteiger partial charge in [0.15, 0.2) is 12.6 Å². The van der Waals surface area contributed by atoms with Crippen molar-refractivity contribution in [1.82, 2.24) is 10.6 Å². The van der Waals surface area contributed by atoms with E-state index < -0.39 is 155 Å². The molecule has 23 nitrogen and oxygen atoms in total. The highest BCUT2D eigenvalue weighted by Gasteiger charge is 2.60. The van der Waals surface area contributed by atoms with Gasteiger partial charge >= 0.3 is 5.97 Å². The smallest absolute Gasteiger partial charge is 0.364 e. The van der Waals surface area contributed by atoms with Crippen molar-refractivity contribution in [2.75, 3.05) is 26.4 Å². The average Bonchev–Trinajstić information content (AvgIpc) is 1.99. The molecule has 18 atom stereocenters. The van der Waals surface area contributed by atoms with Crippen LogP contribution in [-0.4, -0.2) is 215 Å². The number of rotatable bonds is 47. The maximum Gasteiger partial charge on any atom is 0.364 e. The summed E-state index contributed by atoms with van der Waals surface area (Å²) in [6.45, 7) is 2.11. The van der Waals surface area contributed by atoms with Crippen LogP contribution >= 0.6 is 0 Å². The van der Waals surface area contributed by atoms with Crippen molar-refractivity contribution in [2.24, 2.45) is 0 Å². The zero-order valence-corrected chi connectivity index (χ0v) is 50.8. The lowest BCUT2D eigenvalue weighted by atomic mass is 9.88. The van der Waals surface area contributed by atoms with Crippen molar-refractivity contribution < 1.29 is 104 Å². The standard InChI is InChI=1S/C61H112N2O21/c1-4-6-8-10-12-14-16-17-18-19-20-21-22-23-25-26-28-30-32-34-43(68)42(63-48(71)35-33-31-29-27-24-15-13-11-9-7-5-2)40-79-58-53(75)52(74)55(47(39-66)81-58)82-59-54(76)57(51(73)46(38-65)80-59)84-61(60(77)78)36-44(69)49(62-41(3)67)56(83-61)50(72)45(70)37-64/h32,34,42-47,49-59,64-66,68-70,72-76H,4-31,33,35-40H2,1-3H3,(H,62,67)(H,63,71)(H,77,78)/b34-32+. The van der Waals surface area contributed by atoms with Crippen molar-refractivity contribution in [2.45, 2.75) is 330 Å². The second kappa shape index (κ2) is 43.2. The molecule has 0 radical (unpaired) electrons. The van der Waals surface area contributed by atoms with E-state index >= 15 is 0 Å². The molecule has 0 spiro atoms. The predicted octanol–water partition coefficient (Wildman–Crippen LogP) is 3.95. The normalized spacial score (nSPS) is 29.8. The van der Waals surface area contributed by atoms with Gasteiger partial charge in [-0.3, -0.25) is 9.59 Å². The van der Waals surface area contributed by atoms with Crippen molar-refractivity contribution in [3.63, 3.8) is 0 Å². The van der Waals surface area contributed by atoms with Crippen LogP contribution in [0.1, 0.15) is 220 Å². The molecular weight excluding hydrogens is 1100 g/mol. The van der Waals surface area contributed by atoms with E-state index in [-0.39, 0.29) is 12.3 Å². The highest BCUT2D eigenvalue weighted by atomic mass is 16.8. The zero-order chi connectivity index (χ0) is 61.9. The van der Waals surface area contributed by atoms with Gasteiger partial charge in [0.25, 0.3) is 5.79 Å². The maximum atomic E-state index is 13.4. The second-order valence-corrected chi connectivity index (χ2v) is 23.6. The van der Waals surface area contributed by atoms with Crippen molar-refractivity contribution in [1.29, 1.82) is 0 Å². The van der Waals surface area contributed by atoms with Gasteiger partial charge in [-0.1, -0.05) is 193 Å². The number of unbranched alkanes of at least 4 members (excludes halogenated alkanes) is 27. The maximum absolute atomic E-state index is 13.4. The number of nitrogens with one attached hydrogen (secondary N) is 2. The molecule has 0 aliphatic carbocycles. The number of aliphatic carboxylic acids is 1. The lowest BCUT2D eigenvalue weighted by Crippen LogP contribution is -2.70. The molecular formula is C61H112N2O21. The number of hydrogen-bond donors (Lipinski definition) is 14. The lowest BCUT2D eigenvalue weighted by Gasteiger charge is -2.50. The molecule has 18 unspecified atom stereocenters. The summed E-state index contributed by atoms with van der Waals surface area (Å²) in [6, 6.07) is -2.61. The first-order chi connectivity index (χ1) is 40.4. The molecule has 0 bridgehead atoms. The molecule has 0 aromatic heterocycles. The number of allylic oxidation sites excluding steroid dienone is 1. The molecule has 3 aliphatic rings.